The molecule has 1 saturated heterocycles. The van der Waals surface area contributed by atoms with E-state index in [0.717, 1.165) is 6.42 Å². The summed E-state index contributed by atoms with van der Waals surface area (Å²) in [6, 6.07) is 0. The van der Waals surface area contributed by atoms with Crippen LogP contribution >= 0.6 is 0 Å². The predicted molar refractivity (Wildman–Crippen MR) is 40.4 cm³/mol. The minimum Gasteiger partial charge on any atom is -0.479 e. The summed E-state index contributed by atoms with van der Waals surface area (Å²) in [5.74, 6) is -0.717. The van der Waals surface area contributed by atoms with E-state index < -0.39 is 12.1 Å². The average molecular weight is 158 g/mol. The van der Waals surface area contributed by atoms with E-state index >= 15 is 0 Å². The summed E-state index contributed by atoms with van der Waals surface area (Å²) < 4.78 is 5.32. The van der Waals surface area contributed by atoms with E-state index in [4.69, 9.17) is 9.84 Å². The number of carboxylic acids is 1. The fourth-order valence-corrected chi connectivity index (χ4v) is 1.68. The Morgan fingerprint density at radius 2 is 2.18 bits per heavy atom. The minimum absolute atomic E-state index is 0.127. The van der Waals surface area contributed by atoms with Crippen molar-refractivity contribution in [1.29, 1.82) is 0 Å². The molecule has 0 spiro atoms. The van der Waals surface area contributed by atoms with Crippen molar-refractivity contribution in [2.75, 3.05) is 0 Å². The van der Waals surface area contributed by atoms with Gasteiger partial charge in [-0.2, -0.15) is 0 Å². The first-order valence-electron chi connectivity index (χ1n) is 3.83. The van der Waals surface area contributed by atoms with E-state index in [2.05, 4.69) is 0 Å². The maximum atomic E-state index is 10.6. The van der Waals surface area contributed by atoms with Crippen LogP contribution in [0.15, 0.2) is 0 Å². The molecule has 0 aliphatic carbocycles. The van der Waals surface area contributed by atoms with Crippen molar-refractivity contribution in [3.63, 3.8) is 0 Å². The molecule has 2 atom stereocenters. The molecule has 0 radical (unpaired) electrons. The minimum atomic E-state index is -0.844. The standard InChI is InChI=1S/C8H14O3/c1-5-4-8(2,3)11-6(5)7(9)10/h5-6H,4H2,1-3H3,(H,9,10)/t5-,6+/m1/s1. The lowest BCUT2D eigenvalue weighted by Crippen LogP contribution is -2.27. The summed E-state index contributed by atoms with van der Waals surface area (Å²) in [5, 5.41) is 8.69. The van der Waals surface area contributed by atoms with Gasteiger partial charge in [0.1, 0.15) is 0 Å². The number of ether oxygens (including phenoxy) is 1. The molecule has 1 N–H and O–H groups in total. The third kappa shape index (κ3) is 1.71. The highest BCUT2D eigenvalue weighted by Gasteiger charge is 2.41. The van der Waals surface area contributed by atoms with Gasteiger partial charge in [0.2, 0.25) is 0 Å². The van der Waals surface area contributed by atoms with Gasteiger partial charge in [0.05, 0.1) is 5.60 Å². The van der Waals surface area contributed by atoms with Gasteiger partial charge in [-0.25, -0.2) is 4.79 Å². The van der Waals surface area contributed by atoms with Crippen molar-refractivity contribution in [2.45, 2.75) is 38.9 Å². The average Bonchev–Trinajstić information content (AvgIpc) is 2.05. The summed E-state index contributed by atoms with van der Waals surface area (Å²) >= 11 is 0. The van der Waals surface area contributed by atoms with Gasteiger partial charge in [0, 0.05) is 0 Å². The van der Waals surface area contributed by atoms with Gasteiger partial charge < -0.3 is 9.84 Å². The van der Waals surface area contributed by atoms with Crippen molar-refractivity contribution < 1.29 is 14.6 Å². The molecule has 0 amide bonds. The van der Waals surface area contributed by atoms with E-state index in [1.165, 1.54) is 0 Å². The number of carboxylic acid groups (broad SMARTS) is 1. The van der Waals surface area contributed by atoms with Crippen molar-refractivity contribution in [2.24, 2.45) is 5.92 Å². The normalized spacial score (nSPS) is 35.5. The molecule has 3 heteroatoms. The van der Waals surface area contributed by atoms with Crippen LogP contribution in [-0.4, -0.2) is 22.8 Å². The van der Waals surface area contributed by atoms with E-state index in [0.29, 0.717) is 0 Å². The van der Waals surface area contributed by atoms with Gasteiger partial charge in [-0.3, -0.25) is 0 Å². The van der Waals surface area contributed by atoms with Crippen LogP contribution < -0.4 is 0 Å². The van der Waals surface area contributed by atoms with Crippen molar-refractivity contribution >= 4 is 5.97 Å². The number of carbonyl (C=O) groups is 1. The Hall–Kier alpha value is -0.570. The van der Waals surface area contributed by atoms with Crippen molar-refractivity contribution in [1.82, 2.24) is 0 Å². The lowest BCUT2D eigenvalue weighted by Gasteiger charge is -2.16. The van der Waals surface area contributed by atoms with E-state index in [1.807, 2.05) is 20.8 Å². The monoisotopic (exact) mass is 158 g/mol. The van der Waals surface area contributed by atoms with E-state index in [9.17, 15) is 4.79 Å². The highest BCUT2D eigenvalue weighted by molar-refractivity contribution is 5.73. The quantitative estimate of drug-likeness (QED) is 0.625. The molecule has 1 aliphatic rings. The highest BCUT2D eigenvalue weighted by atomic mass is 16.5. The van der Waals surface area contributed by atoms with Crippen LogP contribution in [0.2, 0.25) is 0 Å². The van der Waals surface area contributed by atoms with Crippen LogP contribution in [0.3, 0.4) is 0 Å². The molecule has 0 aromatic heterocycles. The second-order valence-electron chi connectivity index (χ2n) is 3.82. The molecule has 1 rings (SSSR count). The maximum absolute atomic E-state index is 10.6. The predicted octanol–water partition coefficient (Wildman–Crippen LogP) is 1.27. The third-order valence-corrected chi connectivity index (χ3v) is 2.02. The van der Waals surface area contributed by atoms with Crippen LogP contribution in [-0.2, 0) is 9.53 Å². The maximum Gasteiger partial charge on any atom is 0.333 e. The van der Waals surface area contributed by atoms with Crippen LogP contribution in [0, 0.1) is 5.92 Å². The zero-order chi connectivity index (χ0) is 8.65. The third-order valence-electron chi connectivity index (χ3n) is 2.02. The number of aliphatic carboxylic acids is 1. The van der Waals surface area contributed by atoms with Crippen LogP contribution in [0.4, 0.5) is 0 Å². The van der Waals surface area contributed by atoms with Gasteiger partial charge in [0.15, 0.2) is 6.10 Å². The van der Waals surface area contributed by atoms with Gasteiger partial charge in [-0.1, -0.05) is 6.92 Å². The smallest absolute Gasteiger partial charge is 0.333 e. The second kappa shape index (κ2) is 2.48. The Bertz CT molecular complexity index is 174. The Kier molecular flexibility index (Phi) is 1.92. The van der Waals surface area contributed by atoms with Crippen LogP contribution in [0.1, 0.15) is 27.2 Å². The highest BCUT2D eigenvalue weighted by Crippen LogP contribution is 2.34. The van der Waals surface area contributed by atoms with Gasteiger partial charge in [-0.05, 0) is 26.2 Å². The SMILES string of the molecule is C[C@@H]1CC(C)(C)O[C@@H]1C(=O)O. The summed E-state index contributed by atoms with van der Waals surface area (Å²) in [6.07, 6.45) is 0.217. The molecule has 1 aliphatic heterocycles. The first-order chi connectivity index (χ1) is 4.92. The Morgan fingerprint density at radius 1 is 1.64 bits per heavy atom. The van der Waals surface area contributed by atoms with Crippen LogP contribution in [0.5, 0.6) is 0 Å². The summed E-state index contributed by atoms with van der Waals surface area (Å²) in [7, 11) is 0. The number of hydrogen-bond acceptors (Lipinski definition) is 2. The van der Waals surface area contributed by atoms with Crippen LogP contribution in [0.25, 0.3) is 0 Å². The fourth-order valence-electron chi connectivity index (χ4n) is 1.68. The molecule has 0 unspecified atom stereocenters. The zero-order valence-electron chi connectivity index (χ0n) is 7.13. The van der Waals surface area contributed by atoms with Gasteiger partial charge in [-0.15, -0.1) is 0 Å². The molecule has 1 fully saturated rings. The van der Waals surface area contributed by atoms with Crippen molar-refractivity contribution in [3.8, 4) is 0 Å². The van der Waals surface area contributed by atoms with Gasteiger partial charge in [0.25, 0.3) is 0 Å². The molecule has 3 nitrogen and oxygen atoms in total. The molecule has 0 aromatic rings. The summed E-state index contributed by atoms with van der Waals surface area (Å²) in [6.45, 7) is 5.76. The Balaban J connectivity index is 2.66. The molecule has 0 bridgehead atoms. The molecular formula is C8H14O3. The Morgan fingerprint density at radius 3 is 2.36 bits per heavy atom. The van der Waals surface area contributed by atoms with E-state index in [1.54, 1.807) is 0 Å². The molecule has 0 aromatic carbocycles. The first-order valence-corrected chi connectivity index (χ1v) is 3.83. The molecule has 1 heterocycles. The second-order valence-corrected chi connectivity index (χ2v) is 3.82. The zero-order valence-corrected chi connectivity index (χ0v) is 7.13. The topological polar surface area (TPSA) is 46.5 Å². The largest absolute Gasteiger partial charge is 0.479 e. The van der Waals surface area contributed by atoms with E-state index in [-0.39, 0.29) is 11.5 Å². The molecule has 64 valence electrons. The lowest BCUT2D eigenvalue weighted by atomic mass is 9.96. The summed E-state index contributed by atoms with van der Waals surface area (Å²) in [5.41, 5.74) is -0.261. The fraction of sp³-hybridized carbons (Fsp3) is 0.875. The number of rotatable bonds is 1. The molecular weight excluding hydrogens is 144 g/mol. The lowest BCUT2D eigenvalue weighted by molar-refractivity contribution is -0.154. The summed E-state index contributed by atoms with van der Waals surface area (Å²) in [4.78, 5) is 10.6. The van der Waals surface area contributed by atoms with Crippen molar-refractivity contribution in [3.05, 3.63) is 0 Å². The Labute approximate surface area is 66.4 Å². The number of hydrogen-bond donors (Lipinski definition) is 1. The van der Waals surface area contributed by atoms with Gasteiger partial charge >= 0.3 is 5.97 Å². The molecule has 11 heavy (non-hydrogen) atoms. The molecule has 0 saturated carbocycles. The first kappa shape index (κ1) is 8.53.